The molecule has 1 aliphatic rings. The molecule has 0 fully saturated rings. The molecule has 1 aromatic heterocycles. The molecule has 0 unspecified atom stereocenters. The molecule has 0 radical (unpaired) electrons. The van der Waals surface area contributed by atoms with Crippen molar-refractivity contribution >= 4 is 23.8 Å². The maximum atomic E-state index is 11.9. The van der Waals surface area contributed by atoms with Gasteiger partial charge < -0.3 is 24.1 Å². The van der Waals surface area contributed by atoms with Crippen molar-refractivity contribution in [2.24, 2.45) is 0 Å². The second-order valence-corrected chi connectivity index (χ2v) is 6.38. The second kappa shape index (κ2) is 8.60. The Hall–Kier alpha value is -3.29. The number of rotatable bonds is 7. The lowest BCUT2D eigenvalue weighted by Crippen LogP contribution is -2.20. The van der Waals surface area contributed by atoms with Crippen LogP contribution < -0.4 is 14.8 Å². The van der Waals surface area contributed by atoms with Crippen LogP contribution in [0.5, 0.6) is 11.5 Å². The summed E-state index contributed by atoms with van der Waals surface area (Å²) in [5.74, 6) is 1.12. The summed E-state index contributed by atoms with van der Waals surface area (Å²) in [6.45, 7) is 5.66. The summed E-state index contributed by atoms with van der Waals surface area (Å²) in [5.41, 5.74) is 1.78. The Morgan fingerprint density at radius 2 is 2.18 bits per heavy atom. The van der Waals surface area contributed by atoms with Crippen LogP contribution in [0.2, 0.25) is 0 Å². The number of amides is 1. The Balaban J connectivity index is 1.59. The molecule has 1 N–H and O–H groups in total. The average molecular weight is 386 g/mol. The van der Waals surface area contributed by atoms with Crippen LogP contribution in [0.25, 0.3) is 6.08 Å². The molecule has 8 nitrogen and oxygen atoms in total. The molecule has 1 amide bonds. The van der Waals surface area contributed by atoms with Crippen LogP contribution >= 0.6 is 0 Å². The Morgan fingerprint density at radius 1 is 1.36 bits per heavy atom. The van der Waals surface area contributed by atoms with Crippen LogP contribution in [0.4, 0.5) is 5.82 Å². The maximum absolute atomic E-state index is 11.9. The lowest BCUT2D eigenvalue weighted by Gasteiger charge is -2.10. The minimum atomic E-state index is -0.649. The van der Waals surface area contributed by atoms with Crippen LogP contribution in [-0.2, 0) is 20.7 Å². The van der Waals surface area contributed by atoms with E-state index in [2.05, 4.69) is 10.5 Å². The molecule has 1 atom stereocenters. The molecule has 0 aliphatic carbocycles. The van der Waals surface area contributed by atoms with Crippen molar-refractivity contribution < 1.29 is 28.3 Å². The molecule has 1 aliphatic heterocycles. The zero-order valence-corrected chi connectivity index (χ0v) is 16.0. The molecular formula is C20H22N2O6. The summed E-state index contributed by atoms with van der Waals surface area (Å²) < 4.78 is 21.2. The normalized spacial score (nSPS) is 15.2. The van der Waals surface area contributed by atoms with E-state index in [4.69, 9.17) is 18.7 Å². The van der Waals surface area contributed by atoms with E-state index in [1.54, 1.807) is 19.1 Å². The van der Waals surface area contributed by atoms with Gasteiger partial charge in [-0.25, -0.2) is 4.79 Å². The van der Waals surface area contributed by atoms with E-state index < -0.39 is 18.5 Å². The van der Waals surface area contributed by atoms with Crippen LogP contribution in [0.3, 0.4) is 0 Å². The molecule has 0 bridgehead atoms. The predicted molar refractivity (Wildman–Crippen MR) is 101 cm³/mol. The van der Waals surface area contributed by atoms with Crippen molar-refractivity contribution in [3.8, 4) is 11.5 Å². The fraction of sp³-hybridized carbons (Fsp3) is 0.350. The van der Waals surface area contributed by atoms with Gasteiger partial charge in [0, 0.05) is 29.7 Å². The third-order valence-corrected chi connectivity index (χ3v) is 3.97. The zero-order chi connectivity index (χ0) is 20.1. The maximum Gasteiger partial charge on any atom is 0.331 e. The third-order valence-electron chi connectivity index (χ3n) is 3.97. The number of esters is 1. The first-order valence-electron chi connectivity index (χ1n) is 8.99. The van der Waals surface area contributed by atoms with Gasteiger partial charge >= 0.3 is 5.97 Å². The van der Waals surface area contributed by atoms with Gasteiger partial charge in [-0.3, -0.25) is 4.79 Å². The van der Waals surface area contributed by atoms with Gasteiger partial charge in [-0.1, -0.05) is 5.16 Å². The average Bonchev–Trinajstić information content (AvgIpc) is 3.22. The van der Waals surface area contributed by atoms with Gasteiger partial charge in [-0.15, -0.1) is 0 Å². The summed E-state index contributed by atoms with van der Waals surface area (Å²) in [6.07, 6.45) is 3.76. The number of carbonyl (C=O) groups excluding carboxylic acids is 2. The molecule has 8 heteroatoms. The van der Waals surface area contributed by atoms with Crippen molar-refractivity contribution in [2.45, 2.75) is 33.3 Å². The molecular weight excluding hydrogens is 364 g/mol. The molecule has 0 saturated carbocycles. The van der Waals surface area contributed by atoms with E-state index in [0.717, 1.165) is 17.7 Å². The zero-order valence-electron chi connectivity index (χ0n) is 16.0. The SMILES string of the molecule is CCOc1cc2c(cc1/C=C/C(=O)OCC(=O)Nc1cc(C)on1)O[C@H](C)C2. The lowest BCUT2D eigenvalue weighted by molar-refractivity contribution is -0.142. The van der Waals surface area contributed by atoms with E-state index >= 15 is 0 Å². The first kappa shape index (κ1) is 19.5. The van der Waals surface area contributed by atoms with Gasteiger partial charge in [0.05, 0.1) is 6.61 Å². The molecule has 28 heavy (non-hydrogen) atoms. The smallest absolute Gasteiger partial charge is 0.331 e. The summed E-state index contributed by atoms with van der Waals surface area (Å²) >= 11 is 0. The predicted octanol–water partition coefficient (Wildman–Crippen LogP) is 2.90. The lowest BCUT2D eigenvalue weighted by atomic mass is 10.1. The second-order valence-electron chi connectivity index (χ2n) is 6.38. The van der Waals surface area contributed by atoms with E-state index in [1.807, 2.05) is 26.0 Å². The van der Waals surface area contributed by atoms with E-state index in [9.17, 15) is 9.59 Å². The van der Waals surface area contributed by atoms with Gasteiger partial charge in [0.2, 0.25) is 0 Å². The number of hydrogen-bond acceptors (Lipinski definition) is 7. The fourth-order valence-corrected chi connectivity index (χ4v) is 2.81. The highest BCUT2D eigenvalue weighted by Crippen LogP contribution is 2.35. The Labute approximate surface area is 162 Å². The van der Waals surface area contributed by atoms with Crippen LogP contribution in [0, 0.1) is 6.92 Å². The summed E-state index contributed by atoms with van der Waals surface area (Å²) in [7, 11) is 0. The van der Waals surface area contributed by atoms with Crippen molar-refractivity contribution in [2.75, 3.05) is 18.5 Å². The summed E-state index contributed by atoms with van der Waals surface area (Å²) in [6, 6.07) is 5.33. The molecule has 0 saturated heterocycles. The Bertz CT molecular complexity index is 902. The largest absolute Gasteiger partial charge is 0.493 e. The van der Waals surface area contributed by atoms with Gasteiger partial charge in [-0.05, 0) is 39.0 Å². The molecule has 1 aromatic carbocycles. The van der Waals surface area contributed by atoms with E-state index in [1.165, 1.54) is 6.08 Å². The van der Waals surface area contributed by atoms with Crippen molar-refractivity contribution in [1.29, 1.82) is 0 Å². The number of nitrogens with one attached hydrogen (secondary N) is 1. The van der Waals surface area contributed by atoms with Gasteiger partial charge in [-0.2, -0.15) is 0 Å². The van der Waals surface area contributed by atoms with E-state index in [-0.39, 0.29) is 11.9 Å². The number of anilines is 1. The van der Waals surface area contributed by atoms with Gasteiger partial charge in [0.1, 0.15) is 23.4 Å². The molecule has 3 rings (SSSR count). The minimum absolute atomic E-state index is 0.112. The minimum Gasteiger partial charge on any atom is -0.493 e. The highest BCUT2D eigenvalue weighted by atomic mass is 16.5. The highest BCUT2D eigenvalue weighted by molar-refractivity contribution is 5.94. The van der Waals surface area contributed by atoms with Crippen molar-refractivity contribution in [3.05, 3.63) is 41.2 Å². The van der Waals surface area contributed by atoms with Crippen LogP contribution in [0.1, 0.15) is 30.7 Å². The topological polar surface area (TPSA) is 99.9 Å². The number of aryl methyl sites for hydroxylation is 1. The number of carbonyl (C=O) groups is 2. The monoisotopic (exact) mass is 386 g/mol. The summed E-state index contributed by atoms with van der Waals surface area (Å²) in [4.78, 5) is 23.7. The number of nitrogens with zero attached hydrogens (tertiary/aromatic N) is 1. The Morgan fingerprint density at radius 3 is 2.89 bits per heavy atom. The van der Waals surface area contributed by atoms with Crippen LogP contribution in [-0.4, -0.2) is 36.4 Å². The number of hydrogen-bond donors (Lipinski definition) is 1. The molecule has 2 heterocycles. The number of benzene rings is 1. The number of aromatic nitrogens is 1. The first-order valence-corrected chi connectivity index (χ1v) is 8.99. The van der Waals surface area contributed by atoms with Gasteiger partial charge in [0.15, 0.2) is 12.4 Å². The van der Waals surface area contributed by atoms with Crippen molar-refractivity contribution in [3.63, 3.8) is 0 Å². The molecule has 148 valence electrons. The quantitative estimate of drug-likeness (QED) is 0.577. The summed E-state index contributed by atoms with van der Waals surface area (Å²) in [5, 5.41) is 6.10. The van der Waals surface area contributed by atoms with Crippen LogP contribution in [0.15, 0.2) is 28.8 Å². The third kappa shape index (κ3) is 4.91. The Kier molecular flexibility index (Phi) is 5.98. The van der Waals surface area contributed by atoms with E-state index in [0.29, 0.717) is 23.7 Å². The fourth-order valence-electron chi connectivity index (χ4n) is 2.81. The van der Waals surface area contributed by atoms with Gasteiger partial charge in [0.25, 0.3) is 5.91 Å². The van der Waals surface area contributed by atoms with Crippen molar-refractivity contribution in [1.82, 2.24) is 5.16 Å². The highest BCUT2D eigenvalue weighted by Gasteiger charge is 2.21. The molecule has 0 spiro atoms. The molecule has 2 aromatic rings. The standard InChI is InChI=1S/C20H22N2O6/c1-4-25-16-10-15-7-12(2)27-17(15)9-14(16)5-6-20(24)26-11-19(23)21-18-8-13(3)28-22-18/h5-6,8-10,12H,4,7,11H2,1-3H3,(H,21,22,23)/b6-5+/t12-/m1/s1. The number of ether oxygens (including phenoxy) is 3. The number of fused-ring (bicyclic) bond motifs is 1. The first-order chi connectivity index (χ1) is 13.4.